The number of hydrogen-bond donors (Lipinski definition) is 3. The van der Waals surface area contributed by atoms with E-state index in [1.165, 1.54) is 22.9 Å². The van der Waals surface area contributed by atoms with E-state index in [4.69, 9.17) is 5.11 Å². The molecule has 3 aromatic rings. The second-order valence-electron chi connectivity index (χ2n) is 11.0. The van der Waals surface area contributed by atoms with Crippen molar-refractivity contribution in [3.8, 4) is 0 Å². The van der Waals surface area contributed by atoms with Gasteiger partial charge in [-0.2, -0.15) is 0 Å². The zero-order valence-corrected chi connectivity index (χ0v) is 24.8. The highest BCUT2D eigenvalue weighted by atomic mass is 16.4. The van der Waals surface area contributed by atoms with Gasteiger partial charge in [-0.05, 0) is 48.2 Å². The van der Waals surface area contributed by atoms with Crippen LogP contribution in [-0.4, -0.2) is 77.5 Å². The second kappa shape index (κ2) is 14.3. The Kier molecular flexibility index (Phi) is 10.8. The number of amides is 4. The minimum absolute atomic E-state index is 0.235. The Balaban J connectivity index is 1.94. The summed E-state index contributed by atoms with van der Waals surface area (Å²) in [5.41, 5.74) is 1.02. The van der Waals surface area contributed by atoms with E-state index in [-0.39, 0.29) is 24.7 Å². The first-order valence-corrected chi connectivity index (χ1v) is 13.9. The minimum Gasteiger partial charge on any atom is -0.465 e. The van der Waals surface area contributed by atoms with Gasteiger partial charge >= 0.3 is 6.09 Å². The van der Waals surface area contributed by atoms with Crippen LogP contribution in [0.25, 0.3) is 10.8 Å². The number of carbonyl (C=O) groups is 4. The van der Waals surface area contributed by atoms with Crippen LogP contribution in [-0.2, 0) is 27.2 Å². The maximum Gasteiger partial charge on any atom is 0.405 e. The molecule has 0 aliphatic heterocycles. The van der Waals surface area contributed by atoms with Crippen molar-refractivity contribution >= 4 is 34.6 Å². The van der Waals surface area contributed by atoms with Crippen molar-refractivity contribution in [3.63, 3.8) is 0 Å². The van der Waals surface area contributed by atoms with Gasteiger partial charge in [0.25, 0.3) is 0 Å². The van der Waals surface area contributed by atoms with Gasteiger partial charge < -0.3 is 25.5 Å². The number of nitrogens with zero attached hydrogens (tertiary/aromatic N) is 2. The van der Waals surface area contributed by atoms with Crippen molar-refractivity contribution in [2.24, 2.45) is 0 Å². The summed E-state index contributed by atoms with van der Waals surface area (Å²) in [4.78, 5) is 54.4. The topological polar surface area (TPSA) is 119 Å². The van der Waals surface area contributed by atoms with Crippen molar-refractivity contribution in [3.05, 3.63) is 96.1 Å². The van der Waals surface area contributed by atoms with Gasteiger partial charge in [-0.1, -0.05) is 78.9 Å². The average molecular weight is 573 g/mol. The van der Waals surface area contributed by atoms with Crippen molar-refractivity contribution in [1.82, 2.24) is 20.4 Å². The molecule has 9 heteroatoms. The maximum absolute atomic E-state index is 14.2. The lowest BCUT2D eigenvalue weighted by molar-refractivity contribution is -0.146. The SMILES string of the molecule is CNC(=O)C(Cc1ccccc1)N(C)C(=O)[C@@H](Cc1cccc2ccccc12)N(C)C(=O)/C=C/CC(C)(C)NC(=O)O. The van der Waals surface area contributed by atoms with Gasteiger partial charge in [-0.25, -0.2) is 4.79 Å². The zero-order chi connectivity index (χ0) is 30.9. The van der Waals surface area contributed by atoms with E-state index in [1.54, 1.807) is 34.0 Å². The normalized spacial score (nSPS) is 12.9. The van der Waals surface area contributed by atoms with Gasteiger partial charge in [-0.15, -0.1) is 0 Å². The Bertz CT molecular complexity index is 1430. The molecule has 0 aliphatic carbocycles. The quantitative estimate of drug-likeness (QED) is 0.283. The number of fused-ring (bicyclic) bond motifs is 1. The van der Waals surface area contributed by atoms with Crippen LogP contribution in [0.1, 0.15) is 31.4 Å². The summed E-state index contributed by atoms with van der Waals surface area (Å²) < 4.78 is 0. The van der Waals surface area contributed by atoms with Crippen molar-refractivity contribution in [1.29, 1.82) is 0 Å². The van der Waals surface area contributed by atoms with E-state index in [2.05, 4.69) is 10.6 Å². The molecular formula is C33H40N4O5. The van der Waals surface area contributed by atoms with E-state index in [1.807, 2.05) is 72.8 Å². The summed E-state index contributed by atoms with van der Waals surface area (Å²) >= 11 is 0. The Morgan fingerprint density at radius 2 is 1.50 bits per heavy atom. The third-order valence-corrected chi connectivity index (χ3v) is 7.36. The Hall–Kier alpha value is -4.66. The molecule has 0 saturated heterocycles. The first-order valence-electron chi connectivity index (χ1n) is 13.9. The lowest BCUT2D eigenvalue weighted by Crippen LogP contribution is -2.55. The summed E-state index contributed by atoms with van der Waals surface area (Å²) in [6.07, 6.45) is 2.62. The lowest BCUT2D eigenvalue weighted by atomic mass is 9.96. The molecule has 0 spiro atoms. The van der Waals surface area contributed by atoms with Crippen LogP contribution >= 0.6 is 0 Å². The maximum atomic E-state index is 14.2. The van der Waals surface area contributed by atoms with Crippen LogP contribution in [0.4, 0.5) is 4.79 Å². The summed E-state index contributed by atoms with van der Waals surface area (Å²) in [7, 11) is 4.70. The largest absolute Gasteiger partial charge is 0.465 e. The molecule has 0 radical (unpaired) electrons. The molecule has 2 atom stereocenters. The number of nitrogens with one attached hydrogen (secondary N) is 2. The molecule has 0 aromatic heterocycles. The fourth-order valence-electron chi connectivity index (χ4n) is 4.93. The summed E-state index contributed by atoms with van der Waals surface area (Å²) in [6.45, 7) is 3.43. The zero-order valence-electron chi connectivity index (χ0n) is 24.8. The molecule has 0 bridgehead atoms. The van der Waals surface area contributed by atoms with Gasteiger partial charge in [0.1, 0.15) is 12.1 Å². The van der Waals surface area contributed by atoms with Crippen molar-refractivity contribution in [2.75, 3.05) is 21.1 Å². The van der Waals surface area contributed by atoms with Gasteiger partial charge in [0, 0.05) is 39.5 Å². The van der Waals surface area contributed by atoms with Crippen LogP contribution in [0.2, 0.25) is 0 Å². The minimum atomic E-state index is -1.15. The van der Waals surface area contributed by atoms with E-state index < -0.39 is 29.6 Å². The summed E-state index contributed by atoms with van der Waals surface area (Å²) in [6, 6.07) is 21.5. The molecule has 222 valence electrons. The molecule has 3 rings (SSSR count). The Morgan fingerprint density at radius 3 is 2.17 bits per heavy atom. The van der Waals surface area contributed by atoms with Crippen LogP contribution < -0.4 is 10.6 Å². The van der Waals surface area contributed by atoms with Gasteiger partial charge in [0.2, 0.25) is 17.7 Å². The molecule has 9 nitrogen and oxygen atoms in total. The summed E-state index contributed by atoms with van der Waals surface area (Å²) in [5.74, 6) is -1.09. The fourth-order valence-corrected chi connectivity index (χ4v) is 4.93. The molecule has 0 heterocycles. The molecule has 0 fully saturated rings. The highest BCUT2D eigenvalue weighted by Gasteiger charge is 2.34. The number of carbonyl (C=O) groups excluding carboxylic acids is 3. The van der Waals surface area contributed by atoms with Crippen LogP contribution in [0.5, 0.6) is 0 Å². The number of hydrogen-bond acceptors (Lipinski definition) is 4. The van der Waals surface area contributed by atoms with Crippen molar-refractivity contribution < 1.29 is 24.3 Å². The van der Waals surface area contributed by atoms with Gasteiger partial charge in [0.05, 0.1) is 0 Å². The van der Waals surface area contributed by atoms with Crippen LogP contribution in [0, 0.1) is 0 Å². The number of carboxylic acid groups (broad SMARTS) is 1. The molecular weight excluding hydrogens is 532 g/mol. The number of rotatable bonds is 12. The van der Waals surface area contributed by atoms with E-state index >= 15 is 0 Å². The third kappa shape index (κ3) is 8.42. The molecule has 0 aliphatic rings. The first-order chi connectivity index (χ1) is 19.9. The second-order valence-corrected chi connectivity index (χ2v) is 11.0. The molecule has 4 amide bonds. The predicted molar refractivity (Wildman–Crippen MR) is 164 cm³/mol. The Morgan fingerprint density at radius 1 is 0.857 bits per heavy atom. The van der Waals surface area contributed by atoms with Gasteiger partial charge in [0.15, 0.2) is 0 Å². The lowest BCUT2D eigenvalue weighted by Gasteiger charge is -2.34. The third-order valence-electron chi connectivity index (χ3n) is 7.36. The molecule has 0 saturated carbocycles. The predicted octanol–water partition coefficient (Wildman–Crippen LogP) is 4.02. The van der Waals surface area contributed by atoms with Gasteiger partial charge in [-0.3, -0.25) is 14.4 Å². The fraction of sp³-hybridized carbons (Fsp3) is 0.333. The number of benzene rings is 3. The monoisotopic (exact) mass is 572 g/mol. The van der Waals surface area contributed by atoms with Crippen molar-refractivity contribution in [2.45, 2.75) is 50.7 Å². The number of likely N-dealkylation sites (N-methyl/N-ethyl adjacent to an activating group) is 3. The van der Waals surface area contributed by atoms with E-state index in [9.17, 15) is 19.2 Å². The molecule has 42 heavy (non-hydrogen) atoms. The molecule has 3 aromatic carbocycles. The molecule has 3 N–H and O–H groups in total. The highest BCUT2D eigenvalue weighted by Crippen LogP contribution is 2.23. The van der Waals surface area contributed by atoms with E-state index in [0.717, 1.165) is 21.9 Å². The highest BCUT2D eigenvalue weighted by molar-refractivity contribution is 5.95. The van der Waals surface area contributed by atoms with E-state index in [0.29, 0.717) is 6.42 Å². The molecule has 1 unspecified atom stereocenters. The smallest absolute Gasteiger partial charge is 0.405 e. The van der Waals surface area contributed by atoms with Crippen LogP contribution in [0.3, 0.4) is 0 Å². The standard InChI is InChI=1S/C33H40N4O5/c1-33(2,35-32(41)42)20-12-19-29(38)36(4)28(22-25-17-11-16-24-15-9-10-18-26(24)25)31(40)37(5)27(30(39)34-3)21-23-13-7-6-8-14-23/h6-19,27-28,35H,20-22H2,1-5H3,(H,34,39)(H,41,42)/b19-12+/t27?,28-/m1/s1. The first kappa shape index (κ1) is 31.9. The van der Waals surface area contributed by atoms with Crippen LogP contribution in [0.15, 0.2) is 84.9 Å². The summed E-state index contributed by atoms with van der Waals surface area (Å²) in [5, 5.41) is 16.1. The Labute approximate surface area is 247 Å². The average Bonchev–Trinajstić information content (AvgIpc) is 2.97.